The molecule has 25 heavy (non-hydrogen) atoms. The molecule has 132 valence electrons. The lowest BCUT2D eigenvalue weighted by Crippen LogP contribution is -2.45. The number of fused-ring (bicyclic) bond motifs is 2. The number of benzene rings is 1. The van der Waals surface area contributed by atoms with Crippen LogP contribution in [0.15, 0.2) is 36.4 Å². The van der Waals surface area contributed by atoms with Crippen LogP contribution in [-0.4, -0.2) is 36.1 Å². The number of anilines is 1. The van der Waals surface area contributed by atoms with E-state index in [9.17, 15) is 14.7 Å². The summed E-state index contributed by atoms with van der Waals surface area (Å²) in [6.45, 7) is 1.57. The van der Waals surface area contributed by atoms with Gasteiger partial charge in [0.25, 0.3) is 0 Å². The summed E-state index contributed by atoms with van der Waals surface area (Å²) in [4.78, 5) is 26.5. The van der Waals surface area contributed by atoms with Crippen molar-refractivity contribution in [3.8, 4) is 0 Å². The maximum absolute atomic E-state index is 12.8. The van der Waals surface area contributed by atoms with E-state index in [1.807, 2.05) is 36.4 Å². The van der Waals surface area contributed by atoms with Gasteiger partial charge in [-0.25, -0.2) is 0 Å². The standard InChI is InChI=1S/C19H21ClN2O3/c20-13-2-1-3-15(9-13)22-7-6-14(10-22)21-18(23)16-11-4-5-12(8-11)17(16)19(24)25/h1-5,9,11-12,14,16-17H,6-8,10H2,(H,21,23)(H,24,25). The number of halogens is 1. The Kier molecular flexibility index (Phi) is 4.20. The average Bonchev–Trinajstić information content (AvgIpc) is 3.29. The molecule has 0 aromatic heterocycles. The van der Waals surface area contributed by atoms with E-state index in [1.165, 1.54) is 0 Å². The van der Waals surface area contributed by atoms with Crippen LogP contribution in [0, 0.1) is 23.7 Å². The molecule has 5 unspecified atom stereocenters. The van der Waals surface area contributed by atoms with E-state index in [4.69, 9.17) is 11.6 Å². The molecule has 1 heterocycles. The van der Waals surface area contributed by atoms with Crippen molar-refractivity contribution >= 4 is 29.2 Å². The highest BCUT2D eigenvalue weighted by molar-refractivity contribution is 6.30. The topological polar surface area (TPSA) is 69.6 Å². The summed E-state index contributed by atoms with van der Waals surface area (Å²) in [6.07, 6.45) is 5.62. The molecule has 1 aromatic rings. The van der Waals surface area contributed by atoms with Gasteiger partial charge in [0.2, 0.25) is 5.91 Å². The fraction of sp³-hybridized carbons (Fsp3) is 0.474. The van der Waals surface area contributed by atoms with Gasteiger partial charge in [-0.05, 0) is 42.9 Å². The SMILES string of the molecule is O=C(O)C1C2C=CC(C2)C1C(=O)NC1CCN(c2cccc(Cl)c2)C1. The Balaban J connectivity index is 1.40. The van der Waals surface area contributed by atoms with E-state index in [0.717, 1.165) is 31.6 Å². The minimum atomic E-state index is -0.857. The largest absolute Gasteiger partial charge is 0.481 e. The van der Waals surface area contributed by atoms with Gasteiger partial charge in [-0.15, -0.1) is 0 Å². The fourth-order valence-electron chi connectivity index (χ4n) is 4.60. The van der Waals surface area contributed by atoms with E-state index in [0.29, 0.717) is 5.02 Å². The van der Waals surface area contributed by atoms with Gasteiger partial charge in [0.1, 0.15) is 0 Å². The summed E-state index contributed by atoms with van der Waals surface area (Å²) in [6, 6.07) is 7.74. The van der Waals surface area contributed by atoms with Gasteiger partial charge in [0.15, 0.2) is 0 Å². The van der Waals surface area contributed by atoms with E-state index < -0.39 is 17.8 Å². The van der Waals surface area contributed by atoms with E-state index in [2.05, 4.69) is 10.2 Å². The van der Waals surface area contributed by atoms with Crippen LogP contribution in [0.5, 0.6) is 0 Å². The lowest BCUT2D eigenvalue weighted by Gasteiger charge is -2.26. The van der Waals surface area contributed by atoms with Crippen molar-refractivity contribution in [2.45, 2.75) is 18.9 Å². The number of carbonyl (C=O) groups is 2. The number of amides is 1. The van der Waals surface area contributed by atoms with Crippen molar-refractivity contribution in [1.82, 2.24) is 5.32 Å². The summed E-state index contributed by atoms with van der Waals surface area (Å²) < 4.78 is 0. The molecule has 4 rings (SSSR count). The lowest BCUT2D eigenvalue weighted by molar-refractivity contribution is -0.148. The minimum absolute atomic E-state index is 0.00443. The molecule has 6 heteroatoms. The molecule has 0 spiro atoms. The molecule has 2 N–H and O–H groups in total. The molecule has 5 nitrogen and oxygen atoms in total. The number of carbonyl (C=O) groups excluding carboxylic acids is 1. The maximum atomic E-state index is 12.8. The van der Waals surface area contributed by atoms with Crippen LogP contribution in [0.25, 0.3) is 0 Å². The van der Waals surface area contributed by atoms with Gasteiger partial charge in [-0.2, -0.15) is 0 Å². The summed E-state index contributed by atoms with van der Waals surface area (Å²) in [5.74, 6) is -1.92. The number of hydrogen-bond donors (Lipinski definition) is 2. The molecule has 3 aliphatic rings. The number of nitrogens with one attached hydrogen (secondary N) is 1. The molecule has 1 saturated heterocycles. The number of hydrogen-bond acceptors (Lipinski definition) is 3. The second-order valence-corrected chi connectivity index (χ2v) is 7.69. The molecule has 0 radical (unpaired) electrons. The first kappa shape index (κ1) is 16.5. The quantitative estimate of drug-likeness (QED) is 0.810. The van der Waals surface area contributed by atoms with Crippen molar-refractivity contribution in [1.29, 1.82) is 0 Å². The lowest BCUT2D eigenvalue weighted by atomic mass is 9.82. The van der Waals surface area contributed by atoms with Crippen molar-refractivity contribution in [2.75, 3.05) is 18.0 Å². The first-order valence-electron chi connectivity index (χ1n) is 8.75. The predicted molar refractivity (Wildman–Crippen MR) is 95.6 cm³/mol. The smallest absolute Gasteiger partial charge is 0.307 e. The van der Waals surface area contributed by atoms with Crippen molar-refractivity contribution in [3.63, 3.8) is 0 Å². The van der Waals surface area contributed by atoms with Crippen molar-refractivity contribution in [2.24, 2.45) is 23.7 Å². The molecule has 2 aliphatic carbocycles. The van der Waals surface area contributed by atoms with Crippen LogP contribution in [-0.2, 0) is 9.59 Å². The third kappa shape index (κ3) is 3.01. The Morgan fingerprint density at radius 3 is 2.68 bits per heavy atom. The minimum Gasteiger partial charge on any atom is -0.481 e. The van der Waals surface area contributed by atoms with Gasteiger partial charge in [-0.1, -0.05) is 29.8 Å². The summed E-state index contributed by atoms with van der Waals surface area (Å²) in [5.41, 5.74) is 1.05. The molecular formula is C19H21ClN2O3. The first-order valence-corrected chi connectivity index (χ1v) is 9.13. The number of allylic oxidation sites excluding steroid dienone is 2. The Labute approximate surface area is 151 Å². The Morgan fingerprint density at radius 2 is 1.96 bits per heavy atom. The van der Waals surface area contributed by atoms with E-state index in [-0.39, 0.29) is 23.8 Å². The highest BCUT2D eigenvalue weighted by Crippen LogP contribution is 2.48. The summed E-state index contributed by atoms with van der Waals surface area (Å²) in [5, 5.41) is 13.3. The molecule has 2 bridgehead atoms. The predicted octanol–water partition coefficient (Wildman–Crippen LogP) is 2.56. The number of aliphatic carboxylic acids is 1. The van der Waals surface area contributed by atoms with Crippen molar-refractivity contribution in [3.05, 3.63) is 41.4 Å². The van der Waals surface area contributed by atoms with Gasteiger partial charge in [0, 0.05) is 29.8 Å². The molecule has 2 fully saturated rings. The van der Waals surface area contributed by atoms with Crippen LogP contribution in [0.3, 0.4) is 0 Å². The zero-order valence-corrected chi connectivity index (χ0v) is 14.5. The zero-order valence-electron chi connectivity index (χ0n) is 13.8. The van der Waals surface area contributed by atoms with Crippen LogP contribution in [0.4, 0.5) is 5.69 Å². The van der Waals surface area contributed by atoms with Crippen LogP contribution >= 0.6 is 11.6 Å². The number of rotatable bonds is 4. The Hall–Kier alpha value is -2.01. The second kappa shape index (κ2) is 6.37. The molecule has 1 aromatic carbocycles. The Bertz CT molecular complexity index is 735. The average molecular weight is 361 g/mol. The van der Waals surface area contributed by atoms with Crippen molar-refractivity contribution < 1.29 is 14.7 Å². The normalized spacial score (nSPS) is 33.0. The van der Waals surface area contributed by atoms with E-state index in [1.54, 1.807) is 0 Å². The van der Waals surface area contributed by atoms with Crippen LogP contribution in [0.1, 0.15) is 12.8 Å². The van der Waals surface area contributed by atoms with Crippen LogP contribution < -0.4 is 10.2 Å². The summed E-state index contributed by atoms with van der Waals surface area (Å²) in [7, 11) is 0. The zero-order chi connectivity index (χ0) is 17.6. The maximum Gasteiger partial charge on any atom is 0.307 e. The van der Waals surface area contributed by atoms with Gasteiger partial charge in [-0.3, -0.25) is 9.59 Å². The third-order valence-corrected chi connectivity index (χ3v) is 5.99. The number of nitrogens with zero attached hydrogens (tertiary/aromatic N) is 1. The Morgan fingerprint density at radius 1 is 1.20 bits per heavy atom. The molecule has 1 saturated carbocycles. The summed E-state index contributed by atoms with van der Waals surface area (Å²) >= 11 is 6.05. The molecular weight excluding hydrogens is 340 g/mol. The second-order valence-electron chi connectivity index (χ2n) is 7.26. The molecule has 5 atom stereocenters. The molecule has 1 aliphatic heterocycles. The number of carboxylic acids is 1. The monoisotopic (exact) mass is 360 g/mol. The highest BCUT2D eigenvalue weighted by Gasteiger charge is 2.51. The van der Waals surface area contributed by atoms with Gasteiger partial charge in [0.05, 0.1) is 11.8 Å². The molecule has 1 amide bonds. The van der Waals surface area contributed by atoms with E-state index >= 15 is 0 Å². The first-order chi connectivity index (χ1) is 12.0. The number of carboxylic acid groups (broad SMARTS) is 1. The van der Waals surface area contributed by atoms with Gasteiger partial charge < -0.3 is 15.3 Å². The highest BCUT2D eigenvalue weighted by atomic mass is 35.5. The van der Waals surface area contributed by atoms with Gasteiger partial charge >= 0.3 is 5.97 Å². The fourth-order valence-corrected chi connectivity index (χ4v) is 4.78. The van der Waals surface area contributed by atoms with Crippen LogP contribution in [0.2, 0.25) is 5.02 Å². The third-order valence-electron chi connectivity index (χ3n) is 5.76.